The molecule has 20 heteroatoms. The van der Waals surface area contributed by atoms with E-state index in [4.69, 9.17) is 22.1 Å². The highest BCUT2D eigenvalue weighted by atomic mass is 35.5. The number of aryl methyl sites for hydroxylation is 1. The number of β-amino-alcohol motifs (C(OH)–C–C–N with tert-alkyl or cyclic N) is 1. The fraction of sp³-hybridized carbons (Fsp3) is 0.588. The smallest absolute Gasteiger partial charge is 0.258 e. The normalized spacial score (nSPS) is 22.0. The van der Waals surface area contributed by atoms with E-state index in [1.54, 1.807) is 44.5 Å². The summed E-state index contributed by atoms with van der Waals surface area (Å²) in [4.78, 5) is 75.4. The number of anilines is 2. The molecule has 1 aromatic carbocycles. The molecule has 3 saturated heterocycles. The van der Waals surface area contributed by atoms with Crippen LogP contribution in [0.3, 0.4) is 0 Å². The van der Waals surface area contributed by atoms with Crippen LogP contribution in [0.4, 0.5) is 15.9 Å². The fourth-order valence-corrected chi connectivity index (χ4v) is 11.7. The van der Waals surface area contributed by atoms with Gasteiger partial charge < -0.3 is 46.2 Å². The molecule has 8 rings (SSSR count). The average molecular weight is 1040 g/mol. The number of allylic oxidation sites excluding steroid dienone is 2. The summed E-state index contributed by atoms with van der Waals surface area (Å²) in [7, 11) is 0. The van der Waals surface area contributed by atoms with Gasteiger partial charge in [-0.2, -0.15) is 0 Å². The molecule has 0 radical (unpaired) electrons. The number of nitrogens with one attached hydrogen (secondary N) is 3. The van der Waals surface area contributed by atoms with E-state index in [9.17, 15) is 28.7 Å². The van der Waals surface area contributed by atoms with Gasteiger partial charge in [-0.15, -0.1) is 11.3 Å². The molecule has 4 atom stereocenters. The molecular formula is C51H68ClFN10O6S2. The Balaban J connectivity index is 0.806. The Morgan fingerprint density at radius 3 is 2.51 bits per heavy atom. The van der Waals surface area contributed by atoms with Crippen LogP contribution in [0.15, 0.2) is 63.4 Å². The molecule has 2 aromatic heterocycles. The standard InChI is InChI=1S/C51H68ClFN10O6S2/c1-31-45(70-30-58-31)34-9-10-35(25-57-47(66)38-23-36(64)29-63(38)48(67)46(50(2,3)4)60-49(68)51(53)14-15-51)39(22-34)69-20-6-16-61-17-11-32(12-18-61)21-42(65)59-37-7-5-8-40(44(37)52)71-43-27-55-41(26-56-43)62-19-13-33(24-54)28-62/h5,7-8,22,26-27,30,32-33,36,38,46,64H,6,9-21,23-25,28-29,54H2,1-4H3,(H,57,66)(H,59,65)(H,60,68)/t33-,36-,38+,46-/m1/s1. The molecule has 0 unspecified atom stereocenters. The van der Waals surface area contributed by atoms with Crippen LogP contribution in [0.5, 0.6) is 0 Å². The number of aliphatic hydroxyl groups excluding tert-OH is 1. The van der Waals surface area contributed by atoms with E-state index >= 15 is 0 Å². The average Bonchev–Trinajstić information content (AvgIpc) is 3.64. The van der Waals surface area contributed by atoms with Crippen molar-refractivity contribution in [1.29, 1.82) is 0 Å². The molecule has 16 nitrogen and oxygen atoms in total. The van der Waals surface area contributed by atoms with E-state index in [0.717, 1.165) is 97.3 Å². The summed E-state index contributed by atoms with van der Waals surface area (Å²) in [5.74, 6) is 0.449. The molecule has 0 bridgehead atoms. The molecule has 3 aliphatic heterocycles. The quantitative estimate of drug-likeness (QED) is 0.0812. The van der Waals surface area contributed by atoms with Gasteiger partial charge in [-0.25, -0.2) is 19.3 Å². The summed E-state index contributed by atoms with van der Waals surface area (Å²) in [6, 6.07) is 3.56. The van der Waals surface area contributed by atoms with Crippen LogP contribution >= 0.6 is 34.7 Å². The van der Waals surface area contributed by atoms with E-state index in [1.165, 1.54) is 16.7 Å². The number of thiazole rings is 1. The minimum atomic E-state index is -1.97. The Labute approximate surface area is 429 Å². The van der Waals surface area contributed by atoms with Crippen molar-refractivity contribution >= 4 is 75.4 Å². The Bertz CT molecular complexity index is 2470. The number of likely N-dealkylation sites (tertiary alicyclic amines) is 2. The van der Waals surface area contributed by atoms with E-state index in [1.807, 2.05) is 36.7 Å². The number of nitrogens with two attached hydrogens (primary N) is 1. The van der Waals surface area contributed by atoms with Gasteiger partial charge in [0.05, 0.1) is 51.9 Å². The topological polar surface area (TPSA) is 208 Å². The van der Waals surface area contributed by atoms with Crippen LogP contribution in [-0.4, -0.2) is 136 Å². The number of benzene rings is 1. The van der Waals surface area contributed by atoms with Crippen molar-refractivity contribution in [3.05, 3.63) is 69.1 Å². The molecule has 6 N–H and O–H groups in total. The predicted molar refractivity (Wildman–Crippen MR) is 275 cm³/mol. The van der Waals surface area contributed by atoms with Crippen molar-refractivity contribution in [3.63, 3.8) is 0 Å². The lowest BCUT2D eigenvalue weighted by atomic mass is 9.85. The second kappa shape index (κ2) is 23.0. The zero-order chi connectivity index (χ0) is 50.5. The van der Waals surface area contributed by atoms with Crippen LogP contribution in [0.2, 0.25) is 5.02 Å². The lowest BCUT2D eigenvalue weighted by Crippen LogP contribution is -2.59. The Kier molecular flexibility index (Phi) is 17.1. The Hall–Kier alpha value is -4.66. The van der Waals surface area contributed by atoms with Gasteiger partial charge in [-0.1, -0.05) is 50.2 Å². The number of carbonyl (C=O) groups is 4. The summed E-state index contributed by atoms with van der Waals surface area (Å²) in [5.41, 5.74) is 8.52. The number of hydrogen-bond acceptors (Lipinski definition) is 14. The second-order valence-electron chi connectivity index (χ2n) is 20.8. The molecule has 5 heterocycles. The van der Waals surface area contributed by atoms with Crippen molar-refractivity contribution in [2.45, 2.75) is 126 Å². The van der Waals surface area contributed by atoms with Crippen LogP contribution in [0, 0.1) is 24.2 Å². The lowest BCUT2D eigenvalue weighted by molar-refractivity contribution is -0.145. The minimum absolute atomic E-state index is 0.0448. The lowest BCUT2D eigenvalue weighted by Gasteiger charge is -2.35. The highest BCUT2D eigenvalue weighted by molar-refractivity contribution is 7.99. The van der Waals surface area contributed by atoms with Crippen molar-refractivity contribution < 1.29 is 33.4 Å². The minimum Gasteiger partial charge on any atom is -0.494 e. The fourth-order valence-electron chi connectivity index (χ4n) is 9.78. The Morgan fingerprint density at radius 2 is 1.83 bits per heavy atom. The van der Waals surface area contributed by atoms with Crippen LogP contribution in [-0.2, 0) is 23.9 Å². The number of aliphatic hydroxyl groups is 1. The summed E-state index contributed by atoms with van der Waals surface area (Å²) in [6.45, 7) is 13.0. The van der Waals surface area contributed by atoms with Crippen LogP contribution < -0.4 is 26.6 Å². The first-order valence-electron chi connectivity index (χ1n) is 25.0. The zero-order valence-electron chi connectivity index (χ0n) is 41.2. The zero-order valence-corrected chi connectivity index (χ0v) is 43.6. The van der Waals surface area contributed by atoms with Gasteiger partial charge >= 0.3 is 0 Å². The number of amides is 4. The predicted octanol–water partition coefficient (Wildman–Crippen LogP) is 6.52. The van der Waals surface area contributed by atoms with Gasteiger partial charge in [-0.3, -0.25) is 19.2 Å². The summed E-state index contributed by atoms with van der Waals surface area (Å²) < 4.78 is 21.2. The third-order valence-corrected chi connectivity index (χ3v) is 16.8. The van der Waals surface area contributed by atoms with Crippen molar-refractivity contribution in [2.24, 2.45) is 23.0 Å². The molecule has 71 heavy (non-hydrogen) atoms. The molecule has 3 aromatic rings. The number of carbonyl (C=O) groups excluding carboxylic acids is 4. The second-order valence-corrected chi connectivity index (χ2v) is 23.1. The molecular weight excluding hydrogens is 967 g/mol. The highest BCUT2D eigenvalue weighted by Crippen LogP contribution is 2.41. The molecule has 4 fully saturated rings. The van der Waals surface area contributed by atoms with E-state index in [0.29, 0.717) is 53.4 Å². The van der Waals surface area contributed by atoms with Crippen molar-refractivity contribution in [3.8, 4) is 0 Å². The highest BCUT2D eigenvalue weighted by Gasteiger charge is 2.53. The molecule has 2 aliphatic carbocycles. The number of ether oxygens (including phenoxy) is 1. The molecule has 4 amide bonds. The van der Waals surface area contributed by atoms with Gasteiger partial charge in [0.1, 0.15) is 28.7 Å². The van der Waals surface area contributed by atoms with Gasteiger partial charge in [0.2, 0.25) is 17.7 Å². The third kappa shape index (κ3) is 13.3. The Morgan fingerprint density at radius 1 is 1.06 bits per heavy atom. The van der Waals surface area contributed by atoms with E-state index < -0.39 is 47.0 Å². The monoisotopic (exact) mass is 1030 g/mol. The van der Waals surface area contributed by atoms with Gasteiger partial charge in [0.15, 0.2) is 5.67 Å². The SMILES string of the molecule is Cc1ncsc1C1=CC(OCCCN2CCC(CC(=O)Nc3cccc(Sc4cnc(N5CC[C@H](CN)C5)cn4)c3Cl)CC2)=C(CNC(=O)[C@@H]2C[C@@H](O)CN2C(=O)[C@@H](NC(=O)C2(F)CC2)C(C)(C)C)CC1. The summed E-state index contributed by atoms with van der Waals surface area (Å²) >= 11 is 9.81. The van der Waals surface area contributed by atoms with E-state index in [2.05, 4.69) is 40.7 Å². The molecule has 384 valence electrons. The van der Waals surface area contributed by atoms with Crippen molar-refractivity contribution in [2.75, 3.05) is 69.2 Å². The third-order valence-electron chi connectivity index (χ3n) is 14.3. The largest absolute Gasteiger partial charge is 0.494 e. The maximum atomic E-state index is 14.7. The van der Waals surface area contributed by atoms with Crippen LogP contribution in [0.25, 0.3) is 5.57 Å². The summed E-state index contributed by atoms with van der Waals surface area (Å²) in [6.07, 6.45) is 10.4. The first-order chi connectivity index (χ1) is 34.0. The van der Waals surface area contributed by atoms with Gasteiger partial charge in [-0.05, 0) is 125 Å². The first kappa shape index (κ1) is 52.7. The number of hydrogen-bond donors (Lipinski definition) is 5. The maximum Gasteiger partial charge on any atom is 0.258 e. The number of halogens is 2. The number of rotatable bonds is 19. The number of nitrogens with zero attached hydrogens (tertiary/aromatic N) is 6. The number of piperidine rings is 1. The molecule has 5 aliphatic rings. The van der Waals surface area contributed by atoms with Gasteiger partial charge in [0, 0.05) is 50.5 Å². The number of alkyl halides is 1. The van der Waals surface area contributed by atoms with Gasteiger partial charge in [0.25, 0.3) is 5.91 Å². The summed E-state index contributed by atoms with van der Waals surface area (Å²) in [5, 5.41) is 20.6. The molecule has 1 saturated carbocycles. The maximum absolute atomic E-state index is 14.7. The molecule has 0 spiro atoms. The van der Waals surface area contributed by atoms with E-state index in [-0.39, 0.29) is 44.2 Å². The first-order valence-corrected chi connectivity index (χ1v) is 27.0. The van der Waals surface area contributed by atoms with Crippen LogP contribution in [0.1, 0.15) is 95.6 Å². The number of aromatic nitrogens is 3. The van der Waals surface area contributed by atoms with Crippen molar-refractivity contribution in [1.82, 2.24) is 35.4 Å².